The zero-order valence-electron chi connectivity index (χ0n) is 7.29. The molecule has 0 aromatic heterocycles. The smallest absolute Gasteiger partial charge is 0.223 e. The second kappa shape index (κ2) is 4.51. The van der Waals surface area contributed by atoms with Crippen LogP contribution < -0.4 is 0 Å². The minimum atomic E-state index is 0.265. The van der Waals surface area contributed by atoms with Crippen LogP contribution in [0.4, 0.5) is 0 Å². The largest absolute Gasteiger partial charge is 0.339 e. The van der Waals surface area contributed by atoms with Crippen molar-refractivity contribution in [3.63, 3.8) is 0 Å². The van der Waals surface area contributed by atoms with E-state index in [1.54, 1.807) is 0 Å². The highest BCUT2D eigenvalue weighted by atomic mass is 35.5. The standard InChI is InChI=1S/C9H14ClNO/c1-8-6-9(12)11(7-8)5-3-2-4-10/h2-3,8H,4-7H2,1H3/b3-2+. The van der Waals surface area contributed by atoms with Gasteiger partial charge in [0, 0.05) is 25.4 Å². The quantitative estimate of drug-likeness (QED) is 0.486. The molecule has 2 nitrogen and oxygen atoms in total. The van der Waals surface area contributed by atoms with E-state index >= 15 is 0 Å². The van der Waals surface area contributed by atoms with Gasteiger partial charge in [-0.15, -0.1) is 11.6 Å². The van der Waals surface area contributed by atoms with Gasteiger partial charge < -0.3 is 4.90 Å². The van der Waals surface area contributed by atoms with Gasteiger partial charge >= 0.3 is 0 Å². The first-order chi connectivity index (χ1) is 5.74. The first kappa shape index (κ1) is 9.59. The van der Waals surface area contributed by atoms with Crippen LogP contribution in [0.25, 0.3) is 0 Å². The Morgan fingerprint density at radius 3 is 2.92 bits per heavy atom. The maximum atomic E-state index is 11.2. The summed E-state index contributed by atoms with van der Waals surface area (Å²) in [5, 5.41) is 0. The Balaban J connectivity index is 2.33. The number of likely N-dealkylation sites (tertiary alicyclic amines) is 1. The van der Waals surface area contributed by atoms with E-state index < -0.39 is 0 Å². The van der Waals surface area contributed by atoms with E-state index in [9.17, 15) is 4.79 Å². The number of carbonyl (C=O) groups excluding carboxylic acids is 1. The number of allylic oxidation sites excluding steroid dienone is 1. The van der Waals surface area contributed by atoms with Gasteiger partial charge in [0.05, 0.1) is 0 Å². The molecule has 0 radical (unpaired) electrons. The second-order valence-corrected chi connectivity index (χ2v) is 3.54. The summed E-state index contributed by atoms with van der Waals surface area (Å²) in [7, 11) is 0. The molecular formula is C9H14ClNO. The molecule has 68 valence electrons. The molecule has 0 aromatic rings. The van der Waals surface area contributed by atoms with Gasteiger partial charge in [0.15, 0.2) is 0 Å². The van der Waals surface area contributed by atoms with Gasteiger partial charge in [-0.25, -0.2) is 0 Å². The molecule has 0 saturated carbocycles. The Morgan fingerprint density at radius 2 is 2.42 bits per heavy atom. The highest BCUT2D eigenvalue weighted by Gasteiger charge is 2.24. The van der Waals surface area contributed by atoms with Gasteiger partial charge in [-0.05, 0) is 5.92 Å². The molecule has 1 saturated heterocycles. The molecule has 1 aliphatic rings. The molecule has 0 bridgehead atoms. The van der Waals surface area contributed by atoms with Gasteiger partial charge in [0.2, 0.25) is 5.91 Å². The lowest BCUT2D eigenvalue weighted by molar-refractivity contribution is -0.127. The van der Waals surface area contributed by atoms with Crippen molar-refractivity contribution >= 4 is 17.5 Å². The Morgan fingerprint density at radius 1 is 1.67 bits per heavy atom. The molecule has 1 amide bonds. The average molecular weight is 188 g/mol. The fourth-order valence-electron chi connectivity index (χ4n) is 1.41. The molecule has 0 aliphatic carbocycles. The maximum Gasteiger partial charge on any atom is 0.223 e. The van der Waals surface area contributed by atoms with E-state index in [1.165, 1.54) is 0 Å². The lowest BCUT2D eigenvalue weighted by atomic mass is 10.2. The molecule has 1 atom stereocenters. The fraction of sp³-hybridized carbons (Fsp3) is 0.667. The highest BCUT2D eigenvalue weighted by molar-refractivity contribution is 6.18. The minimum absolute atomic E-state index is 0.265. The summed E-state index contributed by atoms with van der Waals surface area (Å²) in [6.07, 6.45) is 4.52. The zero-order chi connectivity index (χ0) is 8.97. The number of halogens is 1. The third-order valence-corrected chi connectivity index (χ3v) is 2.17. The lowest BCUT2D eigenvalue weighted by Gasteiger charge is -2.12. The number of rotatable bonds is 3. The van der Waals surface area contributed by atoms with Crippen molar-refractivity contribution in [2.45, 2.75) is 13.3 Å². The highest BCUT2D eigenvalue weighted by Crippen LogP contribution is 2.15. The first-order valence-electron chi connectivity index (χ1n) is 4.22. The monoisotopic (exact) mass is 187 g/mol. The van der Waals surface area contributed by atoms with Crippen LogP contribution in [0.15, 0.2) is 12.2 Å². The Bertz CT molecular complexity index is 191. The molecule has 0 N–H and O–H groups in total. The molecule has 1 heterocycles. The SMILES string of the molecule is CC1CC(=O)N(C/C=C/CCl)C1. The molecule has 1 aliphatic heterocycles. The van der Waals surface area contributed by atoms with Crippen LogP contribution >= 0.6 is 11.6 Å². The number of hydrogen-bond acceptors (Lipinski definition) is 1. The fourth-order valence-corrected chi connectivity index (χ4v) is 1.54. The molecule has 1 fully saturated rings. The van der Waals surface area contributed by atoms with Crippen LogP contribution in [0.3, 0.4) is 0 Å². The summed E-state index contributed by atoms with van der Waals surface area (Å²) in [6, 6.07) is 0. The van der Waals surface area contributed by atoms with E-state index in [-0.39, 0.29) is 5.91 Å². The molecule has 3 heteroatoms. The van der Waals surface area contributed by atoms with Gasteiger partial charge in [-0.2, -0.15) is 0 Å². The van der Waals surface area contributed by atoms with E-state index in [2.05, 4.69) is 6.92 Å². The number of nitrogens with zero attached hydrogens (tertiary/aromatic N) is 1. The predicted molar refractivity (Wildman–Crippen MR) is 50.2 cm³/mol. The Labute approximate surface area is 78.2 Å². The summed E-state index contributed by atoms with van der Waals surface area (Å²) >= 11 is 5.46. The first-order valence-corrected chi connectivity index (χ1v) is 4.76. The van der Waals surface area contributed by atoms with E-state index in [0.717, 1.165) is 13.1 Å². The number of hydrogen-bond donors (Lipinski definition) is 0. The second-order valence-electron chi connectivity index (χ2n) is 3.23. The lowest BCUT2D eigenvalue weighted by Crippen LogP contribution is -2.24. The van der Waals surface area contributed by atoms with E-state index in [0.29, 0.717) is 18.2 Å². The average Bonchev–Trinajstić information content (AvgIpc) is 2.31. The van der Waals surface area contributed by atoms with Crippen LogP contribution in [0.5, 0.6) is 0 Å². The zero-order valence-corrected chi connectivity index (χ0v) is 8.05. The molecule has 12 heavy (non-hydrogen) atoms. The molecule has 1 rings (SSSR count). The molecule has 1 unspecified atom stereocenters. The third kappa shape index (κ3) is 2.52. The van der Waals surface area contributed by atoms with Crippen molar-refractivity contribution < 1.29 is 4.79 Å². The van der Waals surface area contributed by atoms with Crippen LogP contribution in [-0.2, 0) is 4.79 Å². The van der Waals surface area contributed by atoms with E-state index in [1.807, 2.05) is 17.1 Å². The predicted octanol–water partition coefficient (Wildman–Crippen LogP) is 1.65. The molecular weight excluding hydrogens is 174 g/mol. The van der Waals surface area contributed by atoms with Crippen molar-refractivity contribution in [3.8, 4) is 0 Å². The Hall–Kier alpha value is -0.500. The van der Waals surface area contributed by atoms with Gasteiger partial charge in [0.25, 0.3) is 0 Å². The van der Waals surface area contributed by atoms with Crippen molar-refractivity contribution in [2.75, 3.05) is 19.0 Å². The summed E-state index contributed by atoms with van der Waals surface area (Å²) in [6.45, 7) is 3.71. The molecule has 0 aromatic carbocycles. The van der Waals surface area contributed by atoms with Gasteiger partial charge in [-0.3, -0.25) is 4.79 Å². The summed E-state index contributed by atoms with van der Waals surface area (Å²) in [5.41, 5.74) is 0. The van der Waals surface area contributed by atoms with Crippen LogP contribution in [0, 0.1) is 5.92 Å². The summed E-state index contributed by atoms with van der Waals surface area (Å²) < 4.78 is 0. The van der Waals surface area contributed by atoms with Crippen LogP contribution in [0.1, 0.15) is 13.3 Å². The maximum absolute atomic E-state index is 11.2. The van der Waals surface area contributed by atoms with Crippen molar-refractivity contribution in [3.05, 3.63) is 12.2 Å². The van der Waals surface area contributed by atoms with Crippen molar-refractivity contribution in [1.29, 1.82) is 0 Å². The van der Waals surface area contributed by atoms with E-state index in [4.69, 9.17) is 11.6 Å². The van der Waals surface area contributed by atoms with Crippen molar-refractivity contribution in [2.24, 2.45) is 5.92 Å². The summed E-state index contributed by atoms with van der Waals surface area (Å²) in [4.78, 5) is 13.1. The van der Waals surface area contributed by atoms with Gasteiger partial charge in [0.1, 0.15) is 0 Å². The Kier molecular flexibility index (Phi) is 3.60. The number of alkyl halides is 1. The van der Waals surface area contributed by atoms with Crippen molar-refractivity contribution in [1.82, 2.24) is 4.90 Å². The summed E-state index contributed by atoms with van der Waals surface area (Å²) in [5.74, 6) is 1.31. The normalized spacial score (nSPS) is 24.3. The van der Waals surface area contributed by atoms with Crippen LogP contribution in [0.2, 0.25) is 0 Å². The minimum Gasteiger partial charge on any atom is -0.339 e. The van der Waals surface area contributed by atoms with Crippen LogP contribution in [-0.4, -0.2) is 29.8 Å². The topological polar surface area (TPSA) is 20.3 Å². The number of carbonyl (C=O) groups is 1. The van der Waals surface area contributed by atoms with Gasteiger partial charge in [-0.1, -0.05) is 19.1 Å². The number of amides is 1. The molecule has 0 spiro atoms. The third-order valence-electron chi connectivity index (χ3n) is 1.99.